The summed E-state index contributed by atoms with van der Waals surface area (Å²) in [6.45, 7) is 8.32. The van der Waals surface area contributed by atoms with Crippen molar-refractivity contribution in [2.24, 2.45) is 5.92 Å². The number of piperidine rings is 1. The average molecular weight is 269 g/mol. The predicted octanol–water partition coefficient (Wildman–Crippen LogP) is 4.97. The average Bonchev–Trinajstić information content (AvgIpc) is 2.46. The Kier molecular flexibility index (Phi) is 4.82. The van der Waals surface area contributed by atoms with Gasteiger partial charge in [-0.15, -0.1) is 0 Å². The molecule has 0 radical (unpaired) electrons. The minimum Gasteiger partial charge on any atom is -0.301 e. The summed E-state index contributed by atoms with van der Waals surface area (Å²) in [6, 6.07) is 16.7. The van der Waals surface area contributed by atoms with E-state index in [1.165, 1.54) is 30.2 Å². The number of rotatable bonds is 0. The maximum Gasteiger partial charge on any atom is 0.0175 e. The first kappa shape index (κ1) is 15.1. The Hall–Kier alpha value is -1.34. The molecule has 1 unspecified atom stereocenters. The molecule has 1 heteroatoms. The summed E-state index contributed by atoms with van der Waals surface area (Å²) in [5.41, 5.74) is 0.429. The van der Waals surface area contributed by atoms with Gasteiger partial charge >= 0.3 is 0 Å². The summed E-state index contributed by atoms with van der Waals surface area (Å²) >= 11 is 0. The molecular weight excluding hydrogens is 242 g/mol. The largest absolute Gasteiger partial charge is 0.301 e. The molecule has 0 aromatic heterocycles. The maximum atomic E-state index is 2.47. The molecular formula is C19H27N. The van der Waals surface area contributed by atoms with Gasteiger partial charge in [-0.1, -0.05) is 55.5 Å². The second kappa shape index (κ2) is 6.41. The van der Waals surface area contributed by atoms with Gasteiger partial charge in [-0.2, -0.15) is 0 Å². The smallest absolute Gasteiger partial charge is 0.0175 e. The molecule has 0 saturated carbocycles. The molecule has 1 fully saturated rings. The molecule has 1 aliphatic rings. The van der Waals surface area contributed by atoms with Crippen LogP contribution in [0.3, 0.4) is 0 Å². The van der Waals surface area contributed by atoms with E-state index < -0.39 is 0 Å². The molecule has 0 N–H and O–H groups in total. The van der Waals surface area contributed by atoms with Gasteiger partial charge in [-0.25, -0.2) is 0 Å². The molecule has 1 heterocycles. The third-order valence-electron chi connectivity index (χ3n) is 4.98. The zero-order valence-corrected chi connectivity index (χ0v) is 13.3. The molecule has 3 rings (SSSR count). The van der Waals surface area contributed by atoms with Crippen LogP contribution in [-0.2, 0) is 0 Å². The molecule has 1 aliphatic heterocycles. The third-order valence-corrected chi connectivity index (χ3v) is 4.98. The van der Waals surface area contributed by atoms with E-state index in [0.717, 1.165) is 5.92 Å². The number of nitrogens with zero attached hydrogens (tertiary/aromatic N) is 1. The molecule has 108 valence electrons. The second-order valence-electron chi connectivity index (χ2n) is 6.47. The van der Waals surface area contributed by atoms with Crippen molar-refractivity contribution < 1.29 is 0 Å². The van der Waals surface area contributed by atoms with Crippen LogP contribution in [0.25, 0.3) is 10.8 Å². The van der Waals surface area contributed by atoms with Crippen LogP contribution in [0.5, 0.6) is 0 Å². The van der Waals surface area contributed by atoms with E-state index in [4.69, 9.17) is 0 Å². The molecule has 2 aromatic rings. The van der Waals surface area contributed by atoms with Crippen LogP contribution in [-0.4, -0.2) is 24.0 Å². The fourth-order valence-electron chi connectivity index (χ4n) is 2.79. The number of benzene rings is 2. The highest BCUT2D eigenvalue weighted by molar-refractivity contribution is 5.81. The van der Waals surface area contributed by atoms with Crippen LogP contribution in [0.4, 0.5) is 0 Å². The van der Waals surface area contributed by atoms with E-state index in [1.807, 2.05) is 0 Å². The van der Waals surface area contributed by atoms with Crippen LogP contribution in [0, 0.1) is 5.92 Å². The number of hydrogen-bond donors (Lipinski definition) is 0. The lowest BCUT2D eigenvalue weighted by atomic mass is 9.81. The monoisotopic (exact) mass is 269 g/mol. The Bertz CT molecular complexity index is 467. The molecule has 0 aliphatic carbocycles. The van der Waals surface area contributed by atoms with Gasteiger partial charge in [0.2, 0.25) is 0 Å². The molecule has 0 amide bonds. The summed E-state index contributed by atoms with van der Waals surface area (Å²) < 4.78 is 0. The van der Waals surface area contributed by atoms with Gasteiger partial charge in [0.25, 0.3) is 0 Å². The van der Waals surface area contributed by atoms with E-state index in [9.17, 15) is 0 Å². The number of fused-ring (bicyclic) bond motifs is 1. The Morgan fingerprint density at radius 2 is 1.40 bits per heavy atom. The lowest BCUT2D eigenvalue weighted by Crippen LogP contribution is -2.49. The van der Waals surface area contributed by atoms with Crippen molar-refractivity contribution in [2.45, 2.75) is 39.2 Å². The van der Waals surface area contributed by atoms with Gasteiger partial charge in [0.05, 0.1) is 0 Å². The van der Waals surface area contributed by atoms with Crippen molar-refractivity contribution in [2.75, 3.05) is 13.6 Å². The van der Waals surface area contributed by atoms with Crippen LogP contribution >= 0.6 is 0 Å². The van der Waals surface area contributed by atoms with Crippen molar-refractivity contribution in [3.63, 3.8) is 0 Å². The summed E-state index contributed by atoms with van der Waals surface area (Å²) in [7, 11) is 2.23. The molecule has 0 bridgehead atoms. The summed E-state index contributed by atoms with van der Waals surface area (Å²) in [4.78, 5) is 2.47. The van der Waals surface area contributed by atoms with Crippen LogP contribution < -0.4 is 0 Å². The Morgan fingerprint density at radius 1 is 0.950 bits per heavy atom. The van der Waals surface area contributed by atoms with Crippen molar-refractivity contribution in [1.82, 2.24) is 4.90 Å². The molecule has 1 nitrogen and oxygen atoms in total. The molecule has 20 heavy (non-hydrogen) atoms. The molecule has 1 saturated heterocycles. The minimum absolute atomic E-state index is 0.429. The van der Waals surface area contributed by atoms with Crippen molar-refractivity contribution in [3.05, 3.63) is 48.5 Å². The van der Waals surface area contributed by atoms with Crippen molar-refractivity contribution >= 4 is 10.8 Å². The van der Waals surface area contributed by atoms with Crippen molar-refractivity contribution in [3.8, 4) is 0 Å². The highest BCUT2D eigenvalue weighted by atomic mass is 15.2. The predicted molar refractivity (Wildman–Crippen MR) is 89.1 cm³/mol. The first-order valence-corrected chi connectivity index (χ1v) is 7.67. The highest BCUT2D eigenvalue weighted by Gasteiger charge is 2.32. The Balaban J connectivity index is 0.000000147. The quantitative estimate of drug-likeness (QED) is 0.653. The highest BCUT2D eigenvalue weighted by Crippen LogP contribution is 2.31. The van der Waals surface area contributed by atoms with E-state index in [0.29, 0.717) is 5.54 Å². The number of hydrogen-bond acceptors (Lipinski definition) is 1. The molecule has 1 atom stereocenters. The van der Waals surface area contributed by atoms with E-state index in [1.54, 1.807) is 0 Å². The lowest BCUT2D eigenvalue weighted by Gasteiger charge is -2.44. The summed E-state index contributed by atoms with van der Waals surface area (Å²) in [5.74, 6) is 0.853. The normalized spacial score (nSPS) is 22.1. The SMILES string of the molecule is CC1CCCN(C)C1(C)C.c1ccc2ccccc2c1. The maximum absolute atomic E-state index is 2.47. The van der Waals surface area contributed by atoms with Crippen LogP contribution in [0.1, 0.15) is 33.6 Å². The minimum atomic E-state index is 0.429. The Labute approximate surface area is 123 Å². The van der Waals surface area contributed by atoms with Gasteiger partial charge in [-0.3, -0.25) is 0 Å². The zero-order valence-electron chi connectivity index (χ0n) is 13.3. The van der Waals surface area contributed by atoms with Gasteiger partial charge in [-0.05, 0) is 57.0 Å². The topological polar surface area (TPSA) is 3.24 Å². The van der Waals surface area contributed by atoms with Gasteiger partial charge in [0.15, 0.2) is 0 Å². The summed E-state index contributed by atoms with van der Waals surface area (Å²) in [5, 5.41) is 2.62. The standard InChI is InChI=1S/C10H8.C9H19N/c1-2-6-10-8-4-3-7-9(10)5-1;1-8-6-5-7-10(4)9(8,2)3/h1-8H;8H,5-7H2,1-4H3. The van der Waals surface area contributed by atoms with E-state index >= 15 is 0 Å². The van der Waals surface area contributed by atoms with E-state index in [2.05, 4.69) is 81.2 Å². The summed E-state index contributed by atoms with van der Waals surface area (Å²) in [6.07, 6.45) is 2.78. The molecule has 2 aromatic carbocycles. The second-order valence-corrected chi connectivity index (χ2v) is 6.47. The lowest BCUT2D eigenvalue weighted by molar-refractivity contribution is 0.0547. The van der Waals surface area contributed by atoms with Gasteiger partial charge in [0.1, 0.15) is 0 Å². The fourth-order valence-corrected chi connectivity index (χ4v) is 2.79. The van der Waals surface area contributed by atoms with Crippen molar-refractivity contribution in [1.29, 1.82) is 0 Å². The van der Waals surface area contributed by atoms with Crippen LogP contribution in [0.15, 0.2) is 48.5 Å². The first-order valence-electron chi connectivity index (χ1n) is 7.67. The zero-order chi connectivity index (χ0) is 14.6. The Morgan fingerprint density at radius 3 is 1.75 bits per heavy atom. The first-order chi connectivity index (χ1) is 9.51. The molecule has 0 spiro atoms. The van der Waals surface area contributed by atoms with Gasteiger partial charge < -0.3 is 4.90 Å². The van der Waals surface area contributed by atoms with Crippen LogP contribution in [0.2, 0.25) is 0 Å². The van der Waals surface area contributed by atoms with Gasteiger partial charge in [0, 0.05) is 5.54 Å². The fraction of sp³-hybridized carbons (Fsp3) is 0.474. The van der Waals surface area contributed by atoms with E-state index in [-0.39, 0.29) is 0 Å². The third kappa shape index (κ3) is 3.40. The number of likely N-dealkylation sites (tertiary alicyclic amines) is 1.